The molecule has 0 saturated carbocycles. The number of para-hydroxylation sites is 1. The highest BCUT2D eigenvalue weighted by Gasteiger charge is 2.10. The lowest BCUT2D eigenvalue weighted by Gasteiger charge is -2.07. The summed E-state index contributed by atoms with van der Waals surface area (Å²) in [6.07, 6.45) is 2.52. The Bertz CT molecular complexity index is 653. The molecule has 0 unspecified atom stereocenters. The number of nitriles is 1. The summed E-state index contributed by atoms with van der Waals surface area (Å²) < 4.78 is 7.60. The van der Waals surface area contributed by atoms with E-state index in [1.807, 2.05) is 29.8 Å². The quantitative estimate of drug-likeness (QED) is 0.541. The Morgan fingerprint density at radius 3 is 2.91 bits per heavy atom. The number of thioether (sulfide) groups is 1. The molecule has 0 aliphatic carbocycles. The fraction of sp³-hybridized carbons (Fsp3) is 0.400. The summed E-state index contributed by atoms with van der Waals surface area (Å²) >= 11 is 7.69. The van der Waals surface area contributed by atoms with Crippen molar-refractivity contribution >= 4 is 23.4 Å². The van der Waals surface area contributed by atoms with Crippen molar-refractivity contribution in [1.29, 1.82) is 5.26 Å². The maximum atomic E-state index is 8.50. The van der Waals surface area contributed by atoms with Crippen molar-refractivity contribution in [3.8, 4) is 11.8 Å². The second-order valence-corrected chi connectivity index (χ2v) is 6.11. The highest BCUT2D eigenvalue weighted by Crippen LogP contribution is 2.24. The maximum Gasteiger partial charge on any atom is 0.191 e. The molecule has 1 heterocycles. The number of rotatable bonds is 8. The van der Waals surface area contributed by atoms with Gasteiger partial charge in [0.1, 0.15) is 12.4 Å². The van der Waals surface area contributed by atoms with E-state index in [0.717, 1.165) is 29.6 Å². The standard InChI is InChI=1S/C15H17ClN4OS/c1-20-14(11-21-13-8-4-3-7-12(13)16)18-19-15(20)22-10-6-2-5-9-17/h3-4,7-8H,2,5-6,10-11H2,1H3. The van der Waals surface area contributed by atoms with Crippen LogP contribution in [0.5, 0.6) is 5.75 Å². The summed E-state index contributed by atoms with van der Waals surface area (Å²) in [4.78, 5) is 0. The van der Waals surface area contributed by atoms with Gasteiger partial charge in [-0.3, -0.25) is 0 Å². The molecule has 0 bridgehead atoms. The molecule has 1 aromatic carbocycles. The predicted molar refractivity (Wildman–Crippen MR) is 87.0 cm³/mol. The van der Waals surface area contributed by atoms with E-state index in [9.17, 15) is 0 Å². The normalized spacial score (nSPS) is 10.4. The lowest BCUT2D eigenvalue weighted by molar-refractivity contribution is 0.290. The van der Waals surface area contributed by atoms with Gasteiger partial charge in [-0.15, -0.1) is 10.2 Å². The van der Waals surface area contributed by atoms with E-state index < -0.39 is 0 Å². The Morgan fingerprint density at radius 2 is 2.14 bits per heavy atom. The monoisotopic (exact) mass is 336 g/mol. The highest BCUT2D eigenvalue weighted by molar-refractivity contribution is 7.99. The summed E-state index contributed by atoms with van der Waals surface area (Å²) in [6.45, 7) is 0.322. The molecule has 22 heavy (non-hydrogen) atoms. The number of ether oxygens (including phenoxy) is 1. The van der Waals surface area contributed by atoms with Crippen LogP contribution < -0.4 is 4.74 Å². The van der Waals surface area contributed by atoms with Crippen LogP contribution in [-0.4, -0.2) is 20.5 Å². The lowest BCUT2D eigenvalue weighted by atomic mass is 10.3. The fourth-order valence-corrected chi connectivity index (χ4v) is 2.89. The molecule has 0 amide bonds. The average molecular weight is 337 g/mol. The average Bonchev–Trinajstić information content (AvgIpc) is 2.87. The summed E-state index contributed by atoms with van der Waals surface area (Å²) in [7, 11) is 1.92. The van der Waals surface area contributed by atoms with E-state index in [2.05, 4.69) is 16.3 Å². The van der Waals surface area contributed by atoms with E-state index in [1.54, 1.807) is 17.8 Å². The first-order chi connectivity index (χ1) is 10.7. The molecule has 0 spiro atoms. The van der Waals surface area contributed by atoms with Gasteiger partial charge in [0.05, 0.1) is 11.1 Å². The molecule has 5 nitrogen and oxygen atoms in total. The number of benzene rings is 1. The van der Waals surface area contributed by atoms with Crippen LogP contribution in [0, 0.1) is 11.3 Å². The number of nitrogens with zero attached hydrogens (tertiary/aromatic N) is 4. The SMILES string of the molecule is Cn1c(COc2ccccc2Cl)nnc1SCCCCC#N. The first-order valence-corrected chi connectivity index (χ1v) is 8.34. The summed E-state index contributed by atoms with van der Waals surface area (Å²) in [5, 5.41) is 18.2. The molecule has 0 fully saturated rings. The zero-order valence-corrected chi connectivity index (χ0v) is 13.9. The Balaban J connectivity index is 1.86. The Kier molecular flexibility index (Phi) is 6.56. The molecular formula is C15H17ClN4OS. The summed E-state index contributed by atoms with van der Waals surface area (Å²) in [5.41, 5.74) is 0. The van der Waals surface area contributed by atoms with Crippen LogP contribution in [0.1, 0.15) is 25.1 Å². The maximum absolute atomic E-state index is 8.50. The van der Waals surface area contributed by atoms with Crippen LogP contribution >= 0.6 is 23.4 Å². The number of hydrogen-bond acceptors (Lipinski definition) is 5. The molecular weight excluding hydrogens is 320 g/mol. The number of aromatic nitrogens is 3. The van der Waals surface area contributed by atoms with Crippen molar-refractivity contribution in [2.24, 2.45) is 7.05 Å². The molecule has 2 aromatic rings. The van der Waals surface area contributed by atoms with E-state index in [-0.39, 0.29) is 0 Å². The minimum absolute atomic E-state index is 0.322. The minimum atomic E-state index is 0.322. The van der Waals surface area contributed by atoms with Gasteiger partial charge in [0, 0.05) is 19.2 Å². The molecule has 1 aromatic heterocycles. The van der Waals surface area contributed by atoms with Gasteiger partial charge in [0.25, 0.3) is 0 Å². The molecule has 0 N–H and O–H groups in total. The van der Waals surface area contributed by atoms with Gasteiger partial charge in [0.15, 0.2) is 11.0 Å². The summed E-state index contributed by atoms with van der Waals surface area (Å²) in [5.74, 6) is 2.32. The Morgan fingerprint density at radius 1 is 1.32 bits per heavy atom. The number of unbranched alkanes of at least 4 members (excludes halogenated alkanes) is 2. The number of hydrogen-bond donors (Lipinski definition) is 0. The fourth-order valence-electron chi connectivity index (χ4n) is 1.77. The Hall–Kier alpha value is -1.71. The van der Waals surface area contributed by atoms with Crippen LogP contribution in [-0.2, 0) is 13.7 Å². The largest absolute Gasteiger partial charge is 0.484 e. The number of halogens is 1. The van der Waals surface area contributed by atoms with Crippen LogP contribution in [0.2, 0.25) is 5.02 Å². The van der Waals surface area contributed by atoms with Crippen molar-refractivity contribution in [3.63, 3.8) is 0 Å². The van der Waals surface area contributed by atoms with Crippen molar-refractivity contribution in [2.75, 3.05) is 5.75 Å². The molecule has 7 heteroatoms. The van der Waals surface area contributed by atoms with Crippen molar-refractivity contribution in [3.05, 3.63) is 35.1 Å². The third kappa shape index (κ3) is 4.65. The van der Waals surface area contributed by atoms with Crippen LogP contribution in [0.4, 0.5) is 0 Å². The third-order valence-electron chi connectivity index (χ3n) is 3.03. The van der Waals surface area contributed by atoms with E-state index in [1.165, 1.54) is 0 Å². The first kappa shape index (κ1) is 16.7. The molecule has 0 saturated heterocycles. The summed E-state index contributed by atoms with van der Waals surface area (Å²) in [6, 6.07) is 9.49. The van der Waals surface area contributed by atoms with E-state index >= 15 is 0 Å². The van der Waals surface area contributed by atoms with Gasteiger partial charge in [-0.1, -0.05) is 35.5 Å². The minimum Gasteiger partial charge on any atom is -0.484 e. The van der Waals surface area contributed by atoms with Crippen LogP contribution in [0.15, 0.2) is 29.4 Å². The van der Waals surface area contributed by atoms with Gasteiger partial charge in [-0.2, -0.15) is 5.26 Å². The topological polar surface area (TPSA) is 63.7 Å². The van der Waals surface area contributed by atoms with E-state index in [4.69, 9.17) is 21.6 Å². The van der Waals surface area contributed by atoms with Crippen LogP contribution in [0.25, 0.3) is 0 Å². The second kappa shape index (κ2) is 8.66. The molecule has 116 valence electrons. The lowest BCUT2D eigenvalue weighted by Crippen LogP contribution is -2.04. The van der Waals surface area contributed by atoms with Gasteiger partial charge in [-0.05, 0) is 25.0 Å². The zero-order chi connectivity index (χ0) is 15.8. The highest BCUT2D eigenvalue weighted by atomic mass is 35.5. The predicted octanol–water partition coefficient (Wildman–Crippen LogP) is 3.83. The molecule has 2 rings (SSSR count). The molecule has 0 aliphatic heterocycles. The smallest absolute Gasteiger partial charge is 0.191 e. The second-order valence-electron chi connectivity index (χ2n) is 4.64. The van der Waals surface area contributed by atoms with Gasteiger partial charge < -0.3 is 9.30 Å². The first-order valence-electron chi connectivity index (χ1n) is 6.97. The van der Waals surface area contributed by atoms with E-state index in [0.29, 0.717) is 23.8 Å². The van der Waals surface area contributed by atoms with Gasteiger partial charge >= 0.3 is 0 Å². The van der Waals surface area contributed by atoms with Crippen LogP contribution in [0.3, 0.4) is 0 Å². The van der Waals surface area contributed by atoms with Gasteiger partial charge in [0.2, 0.25) is 0 Å². The molecule has 0 radical (unpaired) electrons. The molecule has 0 aliphatic rings. The van der Waals surface area contributed by atoms with Crippen molar-refractivity contribution in [1.82, 2.24) is 14.8 Å². The Labute approximate surface area is 139 Å². The van der Waals surface area contributed by atoms with Gasteiger partial charge in [-0.25, -0.2) is 0 Å². The van der Waals surface area contributed by atoms with Crippen molar-refractivity contribution < 1.29 is 4.74 Å². The zero-order valence-electron chi connectivity index (χ0n) is 12.3. The van der Waals surface area contributed by atoms with Crippen molar-refractivity contribution in [2.45, 2.75) is 31.0 Å². The molecule has 0 atom stereocenters. The third-order valence-corrected chi connectivity index (χ3v) is 4.45.